The average molecular weight is 332 g/mol. The minimum atomic E-state index is -1.07. The molecular weight excluding hydrogens is 316 g/mol. The van der Waals surface area contributed by atoms with Crippen LogP contribution in [0.4, 0.5) is 0 Å². The minimum Gasteiger partial charge on any atom is -0.492 e. The van der Waals surface area contributed by atoms with Gasteiger partial charge in [0.15, 0.2) is 5.69 Å². The number of carbonyl (C=O) groups excluding carboxylic acids is 1. The van der Waals surface area contributed by atoms with Crippen LogP contribution in [0, 0.1) is 13.8 Å². The Labute approximate surface area is 137 Å². The van der Waals surface area contributed by atoms with Crippen LogP contribution in [0.5, 0.6) is 5.75 Å². The van der Waals surface area contributed by atoms with Crippen LogP contribution in [-0.2, 0) is 11.3 Å². The first-order chi connectivity index (χ1) is 11.0. The highest BCUT2D eigenvalue weighted by Crippen LogP contribution is 2.36. The van der Waals surface area contributed by atoms with Gasteiger partial charge in [0.1, 0.15) is 23.3 Å². The minimum absolute atomic E-state index is 0.0000978. The van der Waals surface area contributed by atoms with E-state index in [-0.39, 0.29) is 24.1 Å². The number of hydrogen-bond donors (Lipinski definition) is 2. The number of nitrogens with one attached hydrogen (secondary N) is 1. The lowest BCUT2D eigenvalue weighted by molar-refractivity contribution is -0.122. The molecule has 0 saturated heterocycles. The molecule has 1 aliphatic heterocycles. The van der Waals surface area contributed by atoms with Gasteiger partial charge in [-0.2, -0.15) is 0 Å². The van der Waals surface area contributed by atoms with Crippen molar-refractivity contribution in [2.75, 3.05) is 6.61 Å². The molecule has 2 aromatic rings. The number of aromatic nitrogens is 1. The molecule has 0 saturated carbocycles. The first kappa shape index (κ1) is 15.5. The molecular formula is C16H16N2O4S. The van der Waals surface area contributed by atoms with E-state index in [4.69, 9.17) is 9.84 Å². The van der Waals surface area contributed by atoms with Gasteiger partial charge in [-0.05, 0) is 31.0 Å². The zero-order valence-corrected chi connectivity index (χ0v) is 13.6. The average Bonchev–Trinajstić information content (AvgIpc) is 3.12. The number of fused-ring (bicyclic) bond motifs is 1. The number of benzene rings is 1. The Bertz CT molecular complexity index is 784. The second-order valence-electron chi connectivity index (χ2n) is 5.49. The lowest BCUT2D eigenvalue weighted by Crippen LogP contribution is -2.29. The topological polar surface area (TPSA) is 88.5 Å². The molecule has 1 aliphatic rings. The molecule has 3 rings (SSSR count). The fourth-order valence-electron chi connectivity index (χ4n) is 2.47. The summed E-state index contributed by atoms with van der Waals surface area (Å²) in [6, 6.07) is 3.95. The van der Waals surface area contributed by atoms with Crippen LogP contribution in [0.1, 0.15) is 38.1 Å². The van der Waals surface area contributed by atoms with Crippen LogP contribution in [0.25, 0.3) is 0 Å². The number of carbonyl (C=O) groups is 2. The van der Waals surface area contributed by atoms with Crippen LogP contribution in [0.3, 0.4) is 0 Å². The summed E-state index contributed by atoms with van der Waals surface area (Å²) in [5.41, 5.74) is 3.16. The van der Waals surface area contributed by atoms with Gasteiger partial charge in [-0.3, -0.25) is 4.79 Å². The highest BCUT2D eigenvalue weighted by atomic mass is 32.1. The second kappa shape index (κ2) is 6.00. The maximum atomic E-state index is 12.4. The predicted octanol–water partition coefficient (Wildman–Crippen LogP) is 2.25. The fourth-order valence-corrected chi connectivity index (χ4v) is 3.17. The lowest BCUT2D eigenvalue weighted by atomic mass is 9.96. The van der Waals surface area contributed by atoms with Gasteiger partial charge < -0.3 is 15.2 Å². The number of hydrogen-bond acceptors (Lipinski definition) is 5. The van der Waals surface area contributed by atoms with Crippen LogP contribution in [-0.4, -0.2) is 28.6 Å². The molecule has 1 amide bonds. The summed E-state index contributed by atoms with van der Waals surface area (Å²) >= 11 is 1.21. The van der Waals surface area contributed by atoms with E-state index >= 15 is 0 Å². The van der Waals surface area contributed by atoms with E-state index in [1.807, 2.05) is 26.0 Å². The summed E-state index contributed by atoms with van der Waals surface area (Å²) in [6.45, 7) is 4.55. The molecule has 7 heteroatoms. The Morgan fingerprint density at radius 3 is 2.83 bits per heavy atom. The molecule has 0 fully saturated rings. The number of rotatable bonds is 4. The molecule has 2 heterocycles. The first-order valence-corrected chi connectivity index (χ1v) is 8.03. The van der Waals surface area contributed by atoms with Crippen LogP contribution >= 0.6 is 11.3 Å². The van der Waals surface area contributed by atoms with E-state index < -0.39 is 5.97 Å². The van der Waals surface area contributed by atoms with Crippen molar-refractivity contribution < 1.29 is 19.4 Å². The predicted molar refractivity (Wildman–Crippen MR) is 85.1 cm³/mol. The van der Waals surface area contributed by atoms with Crippen molar-refractivity contribution in [2.45, 2.75) is 26.3 Å². The number of carboxylic acid groups (broad SMARTS) is 1. The number of nitrogens with zero attached hydrogens (tertiary/aromatic N) is 1. The third-order valence-corrected chi connectivity index (χ3v) is 4.76. The van der Waals surface area contributed by atoms with Gasteiger partial charge in [-0.25, -0.2) is 9.78 Å². The highest BCUT2D eigenvalue weighted by molar-refractivity contribution is 7.09. The van der Waals surface area contributed by atoms with Crippen molar-refractivity contribution in [1.82, 2.24) is 10.3 Å². The molecule has 0 aliphatic carbocycles. The molecule has 1 atom stereocenters. The normalized spacial score (nSPS) is 15.8. The number of ether oxygens (including phenoxy) is 1. The Hall–Kier alpha value is -2.41. The van der Waals surface area contributed by atoms with E-state index in [2.05, 4.69) is 10.3 Å². The Kier molecular flexibility index (Phi) is 4.04. The SMILES string of the molecule is Cc1cc2c(cc1C)[C@H](C(=O)NCc1nc(C(=O)O)cs1)CO2. The smallest absolute Gasteiger partial charge is 0.355 e. The fraction of sp³-hybridized carbons (Fsp3) is 0.312. The van der Waals surface area contributed by atoms with E-state index in [1.54, 1.807) is 0 Å². The summed E-state index contributed by atoms with van der Waals surface area (Å²) < 4.78 is 5.60. The van der Waals surface area contributed by atoms with E-state index in [9.17, 15) is 9.59 Å². The molecule has 0 spiro atoms. The van der Waals surface area contributed by atoms with Crippen molar-refractivity contribution in [3.8, 4) is 5.75 Å². The molecule has 1 aromatic heterocycles. The van der Waals surface area contributed by atoms with Gasteiger partial charge in [-0.1, -0.05) is 6.07 Å². The molecule has 1 aromatic carbocycles. The van der Waals surface area contributed by atoms with E-state index in [0.717, 1.165) is 22.4 Å². The summed E-state index contributed by atoms with van der Waals surface area (Å²) in [6.07, 6.45) is 0. The van der Waals surface area contributed by atoms with Crippen LogP contribution < -0.4 is 10.1 Å². The molecule has 2 N–H and O–H groups in total. The number of thiazole rings is 1. The van der Waals surface area contributed by atoms with Gasteiger partial charge in [0, 0.05) is 10.9 Å². The molecule has 0 bridgehead atoms. The number of aryl methyl sites for hydroxylation is 2. The zero-order chi connectivity index (χ0) is 16.6. The lowest BCUT2D eigenvalue weighted by Gasteiger charge is -2.10. The quantitative estimate of drug-likeness (QED) is 0.896. The third-order valence-electron chi connectivity index (χ3n) is 3.91. The second-order valence-corrected chi connectivity index (χ2v) is 6.43. The van der Waals surface area contributed by atoms with Crippen LogP contribution in [0.2, 0.25) is 0 Å². The molecule has 6 nitrogen and oxygen atoms in total. The zero-order valence-electron chi connectivity index (χ0n) is 12.8. The molecule has 120 valence electrons. The van der Waals surface area contributed by atoms with Crippen LogP contribution in [0.15, 0.2) is 17.5 Å². The highest BCUT2D eigenvalue weighted by Gasteiger charge is 2.30. The maximum absolute atomic E-state index is 12.4. The van der Waals surface area contributed by atoms with Crippen molar-refractivity contribution in [3.63, 3.8) is 0 Å². The Morgan fingerprint density at radius 2 is 2.13 bits per heavy atom. The van der Waals surface area contributed by atoms with Crippen molar-refractivity contribution in [1.29, 1.82) is 0 Å². The monoisotopic (exact) mass is 332 g/mol. The summed E-state index contributed by atoms with van der Waals surface area (Å²) in [7, 11) is 0. The van der Waals surface area contributed by atoms with Gasteiger partial charge in [0.05, 0.1) is 6.54 Å². The van der Waals surface area contributed by atoms with Crippen molar-refractivity contribution >= 4 is 23.2 Å². The molecule has 0 unspecified atom stereocenters. The number of carboxylic acids is 1. The molecule has 0 radical (unpaired) electrons. The number of aromatic carboxylic acids is 1. The van der Waals surface area contributed by atoms with Gasteiger partial charge in [-0.15, -0.1) is 11.3 Å². The summed E-state index contributed by atoms with van der Waals surface area (Å²) in [5.74, 6) is -0.791. The largest absolute Gasteiger partial charge is 0.492 e. The van der Waals surface area contributed by atoms with Gasteiger partial charge >= 0.3 is 5.97 Å². The summed E-state index contributed by atoms with van der Waals surface area (Å²) in [5, 5.41) is 13.7. The van der Waals surface area contributed by atoms with Gasteiger partial charge in [0.2, 0.25) is 5.91 Å². The Morgan fingerprint density at radius 1 is 1.39 bits per heavy atom. The van der Waals surface area contributed by atoms with E-state index in [0.29, 0.717) is 11.6 Å². The summed E-state index contributed by atoms with van der Waals surface area (Å²) in [4.78, 5) is 27.1. The van der Waals surface area contributed by atoms with Gasteiger partial charge in [0.25, 0.3) is 0 Å². The van der Waals surface area contributed by atoms with E-state index in [1.165, 1.54) is 16.7 Å². The maximum Gasteiger partial charge on any atom is 0.355 e. The molecule has 23 heavy (non-hydrogen) atoms. The van der Waals surface area contributed by atoms with Crippen molar-refractivity contribution in [3.05, 3.63) is 44.9 Å². The standard InChI is InChI=1S/C16H16N2O4S/c1-8-3-10-11(6-22-13(10)4-9(8)2)15(19)17-5-14-18-12(7-23-14)16(20)21/h3-4,7,11H,5-6H2,1-2H3,(H,17,19)(H,20,21)/t11-/m1/s1. The number of amides is 1. The first-order valence-electron chi connectivity index (χ1n) is 7.15. The Balaban J connectivity index is 1.68. The third kappa shape index (κ3) is 3.05. The van der Waals surface area contributed by atoms with Crippen molar-refractivity contribution in [2.24, 2.45) is 0 Å².